The number of benzene rings is 1. The molecule has 1 aliphatic rings. The van der Waals surface area contributed by atoms with Crippen LogP contribution in [-0.4, -0.2) is 53.7 Å². The number of carbonyl (C=O) groups is 1. The van der Waals surface area contributed by atoms with E-state index in [4.69, 9.17) is 4.74 Å². The molecule has 4 nitrogen and oxygen atoms in total. The lowest BCUT2D eigenvalue weighted by Crippen LogP contribution is -2.54. The lowest BCUT2D eigenvalue weighted by atomic mass is 10.0. The molecule has 1 aromatic carbocycles. The summed E-state index contributed by atoms with van der Waals surface area (Å²) in [4.78, 5) is 14.1. The van der Waals surface area contributed by atoms with E-state index >= 15 is 0 Å². The van der Waals surface area contributed by atoms with Gasteiger partial charge in [0.1, 0.15) is 5.82 Å². The molecule has 0 amide bonds. The first-order chi connectivity index (χ1) is 9.39. The second-order valence-corrected chi connectivity index (χ2v) is 5.79. The second kappa shape index (κ2) is 5.99. The summed E-state index contributed by atoms with van der Waals surface area (Å²) >= 11 is 0. The molecule has 110 valence electrons. The highest BCUT2D eigenvalue weighted by Crippen LogP contribution is 2.21. The van der Waals surface area contributed by atoms with Gasteiger partial charge in [-0.25, -0.2) is 4.39 Å². The van der Waals surface area contributed by atoms with Gasteiger partial charge in [0.25, 0.3) is 0 Å². The minimum atomic E-state index is -0.411. The number of hydrogen-bond acceptors (Lipinski definition) is 4. The number of hydrogen-bond donors (Lipinski definition) is 1. The molecule has 0 bridgehead atoms. The molecule has 0 aliphatic carbocycles. The number of ketones is 1. The van der Waals surface area contributed by atoms with Gasteiger partial charge in [-0.05, 0) is 26.0 Å². The van der Waals surface area contributed by atoms with Crippen LogP contribution in [0.4, 0.5) is 4.39 Å². The number of ether oxygens (including phenoxy) is 1. The molecule has 1 saturated heterocycles. The molecule has 1 N–H and O–H groups in total. The number of halogens is 1. The van der Waals surface area contributed by atoms with Crippen molar-refractivity contribution in [3.8, 4) is 0 Å². The number of rotatable bonds is 4. The molecular weight excluding hydrogens is 261 g/mol. The summed E-state index contributed by atoms with van der Waals surface area (Å²) in [6.45, 7) is 5.08. The monoisotopic (exact) mass is 281 g/mol. The van der Waals surface area contributed by atoms with Crippen LogP contribution in [0, 0.1) is 5.82 Å². The Morgan fingerprint density at radius 1 is 1.55 bits per heavy atom. The van der Waals surface area contributed by atoms with Crippen molar-refractivity contribution in [1.29, 1.82) is 0 Å². The SMILES string of the molecule is CC1(C)CN(CC(=O)c2cccc(F)c2)CC(CO)O1. The molecule has 1 aromatic rings. The Morgan fingerprint density at radius 3 is 2.95 bits per heavy atom. The Balaban J connectivity index is 2.03. The Bertz CT molecular complexity index is 490. The number of morpholine rings is 1. The summed E-state index contributed by atoms with van der Waals surface area (Å²) in [6, 6.07) is 5.71. The highest BCUT2D eigenvalue weighted by molar-refractivity contribution is 5.97. The molecule has 0 saturated carbocycles. The number of carbonyl (C=O) groups excluding carboxylic acids is 1. The maximum absolute atomic E-state index is 13.1. The van der Waals surface area contributed by atoms with E-state index in [1.807, 2.05) is 18.7 Å². The van der Waals surface area contributed by atoms with E-state index in [-0.39, 0.29) is 25.0 Å². The van der Waals surface area contributed by atoms with Crippen LogP contribution in [0.15, 0.2) is 24.3 Å². The number of nitrogens with zero attached hydrogens (tertiary/aromatic N) is 1. The Hall–Kier alpha value is -1.30. The molecule has 5 heteroatoms. The molecule has 1 atom stereocenters. The van der Waals surface area contributed by atoms with E-state index in [9.17, 15) is 14.3 Å². The summed E-state index contributed by atoms with van der Waals surface area (Å²) in [5, 5.41) is 9.24. The van der Waals surface area contributed by atoms with Gasteiger partial charge in [0, 0.05) is 18.7 Å². The Morgan fingerprint density at radius 2 is 2.30 bits per heavy atom. The molecule has 1 heterocycles. The lowest BCUT2D eigenvalue weighted by molar-refractivity contribution is -0.146. The fourth-order valence-electron chi connectivity index (χ4n) is 2.59. The second-order valence-electron chi connectivity index (χ2n) is 5.79. The minimum absolute atomic E-state index is 0.0753. The summed E-state index contributed by atoms with van der Waals surface area (Å²) in [6.07, 6.45) is -0.293. The molecule has 20 heavy (non-hydrogen) atoms. The molecule has 0 aromatic heterocycles. The molecule has 2 rings (SSSR count). The predicted molar refractivity (Wildman–Crippen MR) is 73.2 cm³/mol. The molecule has 0 spiro atoms. The van der Waals surface area contributed by atoms with Crippen LogP contribution in [0.3, 0.4) is 0 Å². The fourth-order valence-corrected chi connectivity index (χ4v) is 2.59. The summed E-state index contributed by atoms with van der Waals surface area (Å²) in [5.41, 5.74) is -0.0386. The van der Waals surface area contributed by atoms with Crippen molar-refractivity contribution in [1.82, 2.24) is 4.90 Å². The third kappa shape index (κ3) is 3.85. The lowest BCUT2D eigenvalue weighted by Gasteiger charge is -2.42. The van der Waals surface area contributed by atoms with Crippen LogP contribution in [0.1, 0.15) is 24.2 Å². The maximum Gasteiger partial charge on any atom is 0.176 e. The first-order valence-corrected chi connectivity index (χ1v) is 6.69. The van der Waals surface area contributed by atoms with Gasteiger partial charge in [-0.2, -0.15) is 0 Å². The topological polar surface area (TPSA) is 49.8 Å². The quantitative estimate of drug-likeness (QED) is 0.849. The van der Waals surface area contributed by atoms with Gasteiger partial charge in [0.05, 0.1) is 24.9 Å². The van der Waals surface area contributed by atoms with Crippen molar-refractivity contribution in [3.63, 3.8) is 0 Å². The molecule has 0 radical (unpaired) electrons. The van der Waals surface area contributed by atoms with Crippen LogP contribution < -0.4 is 0 Å². The molecular formula is C15H20FNO3. The maximum atomic E-state index is 13.1. The van der Waals surface area contributed by atoms with E-state index in [1.165, 1.54) is 18.2 Å². The number of aliphatic hydroxyl groups excluding tert-OH is 1. The zero-order valence-corrected chi connectivity index (χ0v) is 11.8. The van der Waals surface area contributed by atoms with E-state index in [2.05, 4.69) is 0 Å². The van der Waals surface area contributed by atoms with Crippen LogP contribution in [0.5, 0.6) is 0 Å². The third-order valence-corrected chi connectivity index (χ3v) is 3.27. The molecule has 1 aliphatic heterocycles. The van der Waals surface area contributed by atoms with E-state index in [0.29, 0.717) is 18.7 Å². The molecule has 1 unspecified atom stereocenters. The van der Waals surface area contributed by atoms with Crippen molar-refractivity contribution in [2.75, 3.05) is 26.2 Å². The van der Waals surface area contributed by atoms with Crippen LogP contribution in [-0.2, 0) is 4.74 Å². The van der Waals surface area contributed by atoms with Gasteiger partial charge < -0.3 is 9.84 Å². The zero-order chi connectivity index (χ0) is 14.8. The summed E-state index contributed by atoms with van der Waals surface area (Å²) in [5.74, 6) is -0.537. The highest BCUT2D eigenvalue weighted by Gasteiger charge is 2.33. The summed E-state index contributed by atoms with van der Waals surface area (Å²) < 4.78 is 18.8. The van der Waals surface area contributed by atoms with E-state index < -0.39 is 11.4 Å². The predicted octanol–water partition coefficient (Wildman–Crippen LogP) is 1.48. The van der Waals surface area contributed by atoms with Crippen molar-refractivity contribution in [2.45, 2.75) is 25.6 Å². The smallest absolute Gasteiger partial charge is 0.176 e. The fraction of sp³-hybridized carbons (Fsp3) is 0.533. The first kappa shape index (κ1) is 15.1. The Kier molecular flexibility index (Phi) is 4.52. The number of Topliss-reactive ketones (excluding diaryl/α,β-unsaturated/α-hetero) is 1. The normalized spacial score (nSPS) is 22.7. The van der Waals surface area contributed by atoms with Crippen LogP contribution in [0.2, 0.25) is 0 Å². The van der Waals surface area contributed by atoms with Gasteiger partial charge in [-0.1, -0.05) is 12.1 Å². The number of aliphatic hydroxyl groups is 1. The van der Waals surface area contributed by atoms with Crippen LogP contribution in [0.25, 0.3) is 0 Å². The third-order valence-electron chi connectivity index (χ3n) is 3.27. The first-order valence-electron chi connectivity index (χ1n) is 6.69. The van der Waals surface area contributed by atoms with Crippen molar-refractivity contribution in [2.24, 2.45) is 0 Å². The molecule has 1 fully saturated rings. The zero-order valence-electron chi connectivity index (χ0n) is 11.8. The van der Waals surface area contributed by atoms with Gasteiger partial charge in [-0.3, -0.25) is 9.69 Å². The standard InChI is InChI=1S/C15H20FNO3/c1-15(2)10-17(7-13(9-18)20-15)8-14(19)11-4-3-5-12(16)6-11/h3-6,13,18H,7-10H2,1-2H3. The average molecular weight is 281 g/mol. The van der Waals surface area contributed by atoms with Gasteiger partial charge in [-0.15, -0.1) is 0 Å². The van der Waals surface area contributed by atoms with Crippen molar-refractivity contribution >= 4 is 5.78 Å². The van der Waals surface area contributed by atoms with Crippen molar-refractivity contribution in [3.05, 3.63) is 35.6 Å². The van der Waals surface area contributed by atoms with Gasteiger partial charge >= 0.3 is 0 Å². The van der Waals surface area contributed by atoms with Gasteiger partial charge in [0.15, 0.2) is 5.78 Å². The average Bonchev–Trinajstić information content (AvgIpc) is 2.36. The van der Waals surface area contributed by atoms with E-state index in [1.54, 1.807) is 6.07 Å². The van der Waals surface area contributed by atoms with Crippen LogP contribution >= 0.6 is 0 Å². The highest BCUT2D eigenvalue weighted by atomic mass is 19.1. The van der Waals surface area contributed by atoms with Crippen molar-refractivity contribution < 1.29 is 19.0 Å². The minimum Gasteiger partial charge on any atom is -0.394 e. The summed E-state index contributed by atoms with van der Waals surface area (Å²) in [7, 11) is 0. The van der Waals surface area contributed by atoms with E-state index in [0.717, 1.165) is 0 Å². The van der Waals surface area contributed by atoms with Gasteiger partial charge in [0.2, 0.25) is 0 Å². The largest absolute Gasteiger partial charge is 0.394 e. The Labute approximate surface area is 118 Å².